The molecule has 4 rings (SSSR count). The number of aromatic amines is 1. The first-order chi connectivity index (χ1) is 11.2. The van der Waals surface area contributed by atoms with Crippen molar-refractivity contribution in [2.75, 3.05) is 44.7 Å². The maximum Gasteiger partial charge on any atom is 0.271 e. The summed E-state index contributed by atoms with van der Waals surface area (Å²) in [5, 5.41) is 7.70. The average Bonchev–Trinajstić information content (AvgIpc) is 3.23. The van der Waals surface area contributed by atoms with Crippen LogP contribution in [0.25, 0.3) is 0 Å². The Labute approximate surface area is 138 Å². The summed E-state index contributed by atoms with van der Waals surface area (Å²) in [6.07, 6.45) is 2.65. The number of nitrogens with zero attached hydrogens (tertiary/aromatic N) is 5. The summed E-state index contributed by atoms with van der Waals surface area (Å²) in [5.41, 5.74) is 1.82. The molecule has 1 N–H and O–H groups in total. The molecule has 4 heterocycles. The predicted octanol–water partition coefficient (Wildman–Crippen LogP) is 0.816. The Kier molecular flexibility index (Phi) is 3.78. The van der Waals surface area contributed by atoms with Crippen molar-refractivity contribution in [3.63, 3.8) is 0 Å². The lowest BCUT2D eigenvalue weighted by Crippen LogP contribution is -2.48. The zero-order valence-corrected chi connectivity index (χ0v) is 14.0. The van der Waals surface area contributed by atoms with Gasteiger partial charge in [-0.15, -0.1) is 11.3 Å². The molecule has 122 valence electrons. The van der Waals surface area contributed by atoms with Gasteiger partial charge < -0.3 is 14.7 Å². The highest BCUT2D eigenvalue weighted by Crippen LogP contribution is 2.30. The van der Waals surface area contributed by atoms with Gasteiger partial charge in [-0.05, 0) is 13.1 Å². The van der Waals surface area contributed by atoms with Crippen LogP contribution in [-0.2, 0) is 13.0 Å². The number of anilines is 1. The maximum absolute atomic E-state index is 12.3. The van der Waals surface area contributed by atoms with Crippen LogP contribution in [0, 0.1) is 0 Å². The molecule has 8 heteroatoms. The Bertz CT molecular complexity index is 689. The molecular formula is C15H20N6OS. The number of hydrogen-bond acceptors (Lipinski definition) is 6. The van der Waals surface area contributed by atoms with Crippen LogP contribution in [0.4, 0.5) is 5.13 Å². The van der Waals surface area contributed by atoms with Gasteiger partial charge in [0.25, 0.3) is 5.91 Å². The Morgan fingerprint density at radius 1 is 1.26 bits per heavy atom. The summed E-state index contributed by atoms with van der Waals surface area (Å²) >= 11 is 1.81. The van der Waals surface area contributed by atoms with E-state index in [2.05, 4.69) is 27.0 Å². The number of aromatic nitrogens is 3. The molecule has 1 saturated heterocycles. The van der Waals surface area contributed by atoms with E-state index in [1.807, 2.05) is 4.90 Å². The van der Waals surface area contributed by atoms with Crippen LogP contribution in [0.3, 0.4) is 0 Å². The number of piperazine rings is 1. The van der Waals surface area contributed by atoms with Crippen LogP contribution in [0.15, 0.2) is 12.3 Å². The summed E-state index contributed by atoms with van der Waals surface area (Å²) in [6, 6.07) is 1.72. The van der Waals surface area contributed by atoms with Gasteiger partial charge in [-0.3, -0.25) is 9.89 Å². The van der Waals surface area contributed by atoms with Crippen molar-refractivity contribution in [2.45, 2.75) is 13.0 Å². The van der Waals surface area contributed by atoms with Gasteiger partial charge in [-0.25, -0.2) is 4.98 Å². The maximum atomic E-state index is 12.3. The largest absolute Gasteiger partial charge is 0.345 e. The SMILES string of the molecule is CN1CCc2nc(N3CCN(C(=O)c4ccn[nH]4)CC3)sc2C1. The van der Waals surface area contributed by atoms with Gasteiger partial charge in [-0.1, -0.05) is 0 Å². The molecule has 0 spiro atoms. The van der Waals surface area contributed by atoms with Crippen LogP contribution in [0.1, 0.15) is 21.1 Å². The average molecular weight is 332 g/mol. The molecule has 0 aliphatic carbocycles. The van der Waals surface area contributed by atoms with Gasteiger partial charge >= 0.3 is 0 Å². The first-order valence-corrected chi connectivity index (χ1v) is 8.73. The molecule has 2 aromatic rings. The first-order valence-electron chi connectivity index (χ1n) is 7.91. The van der Waals surface area contributed by atoms with Crippen molar-refractivity contribution < 1.29 is 4.79 Å². The molecule has 2 aliphatic rings. The number of likely N-dealkylation sites (N-methyl/N-ethyl adjacent to an activating group) is 1. The summed E-state index contributed by atoms with van der Waals surface area (Å²) in [4.78, 5) is 25.1. The third-order valence-corrected chi connectivity index (χ3v) is 5.62. The van der Waals surface area contributed by atoms with Crippen LogP contribution in [0.2, 0.25) is 0 Å². The van der Waals surface area contributed by atoms with Crippen molar-refractivity contribution in [1.29, 1.82) is 0 Å². The van der Waals surface area contributed by atoms with Crippen molar-refractivity contribution >= 4 is 22.4 Å². The number of carbonyl (C=O) groups excluding carboxylic acids is 1. The zero-order chi connectivity index (χ0) is 15.8. The molecule has 0 saturated carbocycles. The molecule has 0 radical (unpaired) electrons. The molecule has 7 nitrogen and oxygen atoms in total. The van der Waals surface area contributed by atoms with Gasteiger partial charge in [0.1, 0.15) is 5.69 Å². The topological polar surface area (TPSA) is 68.4 Å². The first kappa shape index (κ1) is 14.6. The summed E-state index contributed by atoms with van der Waals surface area (Å²) < 4.78 is 0. The van der Waals surface area contributed by atoms with E-state index < -0.39 is 0 Å². The van der Waals surface area contributed by atoms with Crippen LogP contribution in [0.5, 0.6) is 0 Å². The molecule has 1 fully saturated rings. The molecule has 2 aromatic heterocycles. The Morgan fingerprint density at radius 3 is 2.83 bits per heavy atom. The highest BCUT2D eigenvalue weighted by Gasteiger charge is 2.26. The second kappa shape index (κ2) is 5.93. The monoisotopic (exact) mass is 332 g/mol. The van der Waals surface area contributed by atoms with Gasteiger partial charge in [-0.2, -0.15) is 5.10 Å². The summed E-state index contributed by atoms with van der Waals surface area (Å²) in [7, 11) is 2.15. The van der Waals surface area contributed by atoms with E-state index in [1.165, 1.54) is 10.6 Å². The van der Waals surface area contributed by atoms with Crippen molar-refractivity contribution in [3.05, 3.63) is 28.5 Å². The number of amides is 1. The van der Waals surface area contributed by atoms with Gasteiger partial charge in [0.2, 0.25) is 0 Å². The fraction of sp³-hybridized carbons (Fsp3) is 0.533. The van der Waals surface area contributed by atoms with E-state index in [4.69, 9.17) is 4.98 Å². The van der Waals surface area contributed by atoms with Crippen LogP contribution in [-0.4, -0.2) is 70.7 Å². The standard InChI is InChI=1S/C15H20N6OS/c1-19-5-3-11-13(10-19)23-15(17-11)21-8-6-20(7-9-21)14(22)12-2-4-16-18-12/h2,4H,3,5-10H2,1H3,(H,16,18). The molecule has 0 unspecified atom stereocenters. The predicted molar refractivity (Wildman–Crippen MR) is 88.9 cm³/mol. The van der Waals surface area contributed by atoms with Crippen molar-refractivity contribution in [1.82, 2.24) is 25.0 Å². The van der Waals surface area contributed by atoms with Crippen molar-refractivity contribution in [2.24, 2.45) is 0 Å². The third-order valence-electron chi connectivity index (χ3n) is 4.48. The molecular weight excluding hydrogens is 312 g/mol. The highest BCUT2D eigenvalue weighted by molar-refractivity contribution is 7.15. The number of hydrogen-bond donors (Lipinski definition) is 1. The Morgan fingerprint density at radius 2 is 2.09 bits per heavy atom. The molecule has 0 atom stereocenters. The number of fused-ring (bicyclic) bond motifs is 1. The molecule has 23 heavy (non-hydrogen) atoms. The van der Waals surface area contributed by atoms with E-state index in [1.54, 1.807) is 23.6 Å². The van der Waals surface area contributed by atoms with Crippen LogP contribution < -0.4 is 4.90 Å². The number of H-pyrrole nitrogens is 1. The number of nitrogens with one attached hydrogen (secondary N) is 1. The zero-order valence-electron chi connectivity index (χ0n) is 13.2. The minimum absolute atomic E-state index is 0.0298. The van der Waals surface area contributed by atoms with E-state index in [0.29, 0.717) is 5.69 Å². The fourth-order valence-corrected chi connectivity index (χ4v) is 4.33. The second-order valence-electron chi connectivity index (χ2n) is 6.10. The lowest BCUT2D eigenvalue weighted by Gasteiger charge is -2.34. The minimum atomic E-state index is 0.0298. The number of thiazole rings is 1. The highest BCUT2D eigenvalue weighted by atomic mass is 32.1. The van der Waals surface area contributed by atoms with Gasteiger partial charge in [0, 0.05) is 56.8 Å². The lowest BCUT2D eigenvalue weighted by atomic mass is 10.2. The minimum Gasteiger partial charge on any atom is -0.345 e. The Hall–Kier alpha value is -1.93. The molecule has 2 aliphatic heterocycles. The smallest absolute Gasteiger partial charge is 0.271 e. The fourth-order valence-electron chi connectivity index (χ4n) is 3.09. The van der Waals surface area contributed by atoms with Crippen LogP contribution >= 0.6 is 11.3 Å². The van der Waals surface area contributed by atoms with E-state index >= 15 is 0 Å². The number of carbonyl (C=O) groups is 1. The van der Waals surface area contributed by atoms with Gasteiger partial charge in [0.05, 0.1) is 5.69 Å². The quantitative estimate of drug-likeness (QED) is 0.882. The Balaban J connectivity index is 1.41. The van der Waals surface area contributed by atoms with E-state index in [9.17, 15) is 4.79 Å². The second-order valence-corrected chi connectivity index (χ2v) is 7.17. The summed E-state index contributed by atoms with van der Waals surface area (Å²) in [6.45, 7) is 5.21. The molecule has 1 amide bonds. The molecule has 0 aromatic carbocycles. The summed E-state index contributed by atoms with van der Waals surface area (Å²) in [5.74, 6) is 0.0298. The normalized spacial score (nSPS) is 19.0. The van der Waals surface area contributed by atoms with E-state index in [-0.39, 0.29) is 5.91 Å². The van der Waals surface area contributed by atoms with E-state index in [0.717, 1.165) is 50.8 Å². The molecule has 0 bridgehead atoms. The third kappa shape index (κ3) is 2.84. The van der Waals surface area contributed by atoms with Gasteiger partial charge in [0.15, 0.2) is 5.13 Å². The lowest BCUT2D eigenvalue weighted by molar-refractivity contribution is 0.0741. The van der Waals surface area contributed by atoms with Crippen molar-refractivity contribution in [3.8, 4) is 0 Å². The number of rotatable bonds is 2.